The van der Waals surface area contributed by atoms with Gasteiger partial charge in [0.1, 0.15) is 11.9 Å². The molecule has 1 aromatic heterocycles. The van der Waals surface area contributed by atoms with E-state index in [4.69, 9.17) is 0 Å². The number of aryl methyl sites for hydroxylation is 1. The summed E-state index contributed by atoms with van der Waals surface area (Å²) in [6, 6.07) is 25.7. The Hall–Kier alpha value is -3.86. The van der Waals surface area contributed by atoms with Crippen molar-refractivity contribution in [3.8, 4) is 5.69 Å². The summed E-state index contributed by atoms with van der Waals surface area (Å²) in [6.07, 6.45) is 2.04. The number of anilines is 1. The third-order valence-corrected chi connectivity index (χ3v) is 5.80. The fourth-order valence-corrected chi connectivity index (χ4v) is 4.29. The Labute approximate surface area is 180 Å². The number of para-hydroxylation sites is 1. The zero-order chi connectivity index (χ0) is 21.4. The lowest BCUT2D eigenvalue weighted by Gasteiger charge is -2.32. The van der Waals surface area contributed by atoms with E-state index in [-0.39, 0.29) is 17.9 Å². The molecule has 2 heterocycles. The Morgan fingerprint density at radius 1 is 0.935 bits per heavy atom. The van der Waals surface area contributed by atoms with E-state index in [1.807, 2.05) is 41.4 Å². The molecule has 0 aliphatic carbocycles. The number of urea groups is 1. The first-order valence-corrected chi connectivity index (χ1v) is 10.3. The molecule has 1 aliphatic rings. The van der Waals surface area contributed by atoms with Crippen molar-refractivity contribution in [3.05, 3.63) is 119 Å². The lowest BCUT2D eigenvalue weighted by Crippen LogP contribution is -2.38. The summed E-state index contributed by atoms with van der Waals surface area (Å²) in [5.41, 5.74) is 5.90. The van der Waals surface area contributed by atoms with Gasteiger partial charge in [-0.25, -0.2) is 9.18 Å². The van der Waals surface area contributed by atoms with Crippen molar-refractivity contribution in [1.82, 2.24) is 9.47 Å². The monoisotopic (exact) mass is 411 g/mol. The van der Waals surface area contributed by atoms with Crippen LogP contribution in [0.1, 0.15) is 28.4 Å². The van der Waals surface area contributed by atoms with E-state index in [0.717, 1.165) is 28.1 Å². The van der Waals surface area contributed by atoms with E-state index in [1.54, 1.807) is 12.1 Å². The largest absolute Gasteiger partial charge is 0.322 e. The van der Waals surface area contributed by atoms with E-state index in [9.17, 15) is 9.18 Å². The van der Waals surface area contributed by atoms with E-state index in [2.05, 4.69) is 47.1 Å². The normalized spacial score (nSPS) is 15.0. The van der Waals surface area contributed by atoms with Crippen LogP contribution in [0.3, 0.4) is 0 Å². The minimum atomic E-state index is -0.336. The van der Waals surface area contributed by atoms with Crippen LogP contribution < -0.4 is 5.32 Å². The highest BCUT2D eigenvalue weighted by Crippen LogP contribution is 2.38. The van der Waals surface area contributed by atoms with Crippen LogP contribution in [0.2, 0.25) is 0 Å². The fraction of sp³-hybridized carbons (Fsp3) is 0.115. The number of carbonyl (C=O) groups is 1. The van der Waals surface area contributed by atoms with E-state index in [0.29, 0.717) is 12.2 Å². The molecule has 4 aromatic rings. The Balaban J connectivity index is 1.64. The van der Waals surface area contributed by atoms with Crippen molar-refractivity contribution in [1.29, 1.82) is 0 Å². The molecule has 0 fully saturated rings. The van der Waals surface area contributed by atoms with Crippen molar-refractivity contribution in [2.45, 2.75) is 19.5 Å². The zero-order valence-corrected chi connectivity index (χ0v) is 17.1. The van der Waals surface area contributed by atoms with Crippen LogP contribution in [-0.4, -0.2) is 15.5 Å². The van der Waals surface area contributed by atoms with Gasteiger partial charge in [0.25, 0.3) is 0 Å². The molecule has 0 unspecified atom stereocenters. The average molecular weight is 411 g/mol. The highest BCUT2D eigenvalue weighted by molar-refractivity contribution is 5.90. The molecule has 0 saturated carbocycles. The second kappa shape index (κ2) is 7.76. The Bertz CT molecular complexity index is 1250. The van der Waals surface area contributed by atoms with Gasteiger partial charge in [-0.05, 0) is 66.1 Å². The molecule has 4 nitrogen and oxygen atoms in total. The number of amides is 2. The summed E-state index contributed by atoms with van der Waals surface area (Å²) >= 11 is 0. The molecule has 1 N–H and O–H groups in total. The van der Waals surface area contributed by atoms with Crippen LogP contribution in [-0.2, 0) is 6.54 Å². The molecular weight excluding hydrogens is 389 g/mol. The maximum Gasteiger partial charge on any atom is 0.322 e. The zero-order valence-electron chi connectivity index (χ0n) is 17.1. The van der Waals surface area contributed by atoms with Crippen LogP contribution in [0.25, 0.3) is 5.69 Å². The number of halogens is 1. The van der Waals surface area contributed by atoms with Crippen molar-refractivity contribution < 1.29 is 9.18 Å². The number of fused-ring (bicyclic) bond motifs is 3. The number of hydrogen-bond acceptors (Lipinski definition) is 1. The average Bonchev–Trinajstić information content (AvgIpc) is 3.21. The third-order valence-electron chi connectivity index (χ3n) is 5.80. The molecule has 154 valence electrons. The first-order valence-electron chi connectivity index (χ1n) is 10.3. The van der Waals surface area contributed by atoms with Gasteiger partial charge in [-0.1, -0.05) is 42.5 Å². The molecule has 0 radical (unpaired) electrons. The molecule has 1 atom stereocenters. The van der Waals surface area contributed by atoms with Crippen molar-refractivity contribution in [2.75, 3.05) is 5.32 Å². The smallest absolute Gasteiger partial charge is 0.318 e. The number of benzene rings is 3. The summed E-state index contributed by atoms with van der Waals surface area (Å²) in [5.74, 6) is -0.336. The van der Waals surface area contributed by atoms with Crippen LogP contribution in [0.4, 0.5) is 14.9 Å². The molecule has 0 saturated heterocycles. The van der Waals surface area contributed by atoms with Crippen LogP contribution in [0.5, 0.6) is 0 Å². The molecule has 2 amide bonds. The number of hydrogen-bond donors (Lipinski definition) is 1. The van der Waals surface area contributed by atoms with Gasteiger partial charge in [0.15, 0.2) is 0 Å². The SMILES string of the molecule is Cc1ccccc1[C@@H]1c2cccn2-c2ccccc2CN1C(=O)Nc1ccc(F)cc1. The first-order chi connectivity index (χ1) is 15.1. The van der Waals surface area contributed by atoms with Gasteiger partial charge in [0, 0.05) is 17.6 Å². The third kappa shape index (κ3) is 3.48. The lowest BCUT2D eigenvalue weighted by molar-refractivity contribution is 0.194. The number of carbonyl (C=O) groups excluding carboxylic acids is 1. The van der Waals surface area contributed by atoms with Crippen molar-refractivity contribution in [2.24, 2.45) is 0 Å². The molecule has 3 aromatic carbocycles. The molecule has 31 heavy (non-hydrogen) atoms. The van der Waals surface area contributed by atoms with Gasteiger partial charge >= 0.3 is 6.03 Å². The quantitative estimate of drug-likeness (QED) is 0.428. The van der Waals surface area contributed by atoms with Crippen LogP contribution >= 0.6 is 0 Å². The summed E-state index contributed by atoms with van der Waals surface area (Å²) in [6.45, 7) is 2.51. The Morgan fingerprint density at radius 2 is 1.68 bits per heavy atom. The summed E-state index contributed by atoms with van der Waals surface area (Å²) < 4.78 is 15.5. The topological polar surface area (TPSA) is 37.3 Å². The second-order valence-electron chi connectivity index (χ2n) is 7.76. The molecule has 5 heteroatoms. The standard InChI is InChI=1S/C26H22FN3O/c1-18-7-2-4-9-22(18)25-24-11-6-16-29(24)23-10-5-3-8-19(23)17-30(25)26(31)28-21-14-12-20(27)13-15-21/h2-16,25H,17H2,1H3,(H,28,31)/t25-/m1/s1. The number of nitrogens with zero attached hydrogens (tertiary/aromatic N) is 2. The predicted molar refractivity (Wildman–Crippen MR) is 120 cm³/mol. The Kier molecular flexibility index (Phi) is 4.79. The highest BCUT2D eigenvalue weighted by Gasteiger charge is 2.33. The minimum Gasteiger partial charge on any atom is -0.318 e. The highest BCUT2D eigenvalue weighted by atomic mass is 19.1. The van der Waals surface area contributed by atoms with Crippen molar-refractivity contribution >= 4 is 11.7 Å². The van der Waals surface area contributed by atoms with Crippen LogP contribution in [0, 0.1) is 12.7 Å². The molecule has 5 rings (SSSR count). The molecular formula is C26H22FN3O. The van der Waals surface area contributed by atoms with Gasteiger partial charge in [-0.3, -0.25) is 0 Å². The number of nitrogens with one attached hydrogen (secondary N) is 1. The van der Waals surface area contributed by atoms with Gasteiger partial charge in [-0.2, -0.15) is 0 Å². The van der Waals surface area contributed by atoms with Crippen molar-refractivity contribution in [3.63, 3.8) is 0 Å². The van der Waals surface area contributed by atoms with E-state index in [1.165, 1.54) is 12.1 Å². The maximum atomic E-state index is 13.6. The van der Waals surface area contributed by atoms with Gasteiger partial charge in [0.2, 0.25) is 0 Å². The first kappa shape index (κ1) is 19.1. The number of aromatic nitrogens is 1. The Morgan fingerprint density at radius 3 is 2.48 bits per heavy atom. The summed E-state index contributed by atoms with van der Waals surface area (Å²) in [5, 5.41) is 2.95. The minimum absolute atomic E-state index is 0.232. The van der Waals surface area contributed by atoms with Gasteiger partial charge < -0.3 is 14.8 Å². The predicted octanol–water partition coefficient (Wildman–Crippen LogP) is 6.06. The number of rotatable bonds is 2. The molecule has 1 aliphatic heterocycles. The summed E-state index contributed by atoms with van der Waals surface area (Å²) in [7, 11) is 0. The molecule has 0 spiro atoms. The molecule has 0 bridgehead atoms. The van der Waals surface area contributed by atoms with Gasteiger partial charge in [0.05, 0.1) is 12.2 Å². The van der Waals surface area contributed by atoms with Crippen LogP contribution in [0.15, 0.2) is 91.1 Å². The van der Waals surface area contributed by atoms with Gasteiger partial charge in [-0.15, -0.1) is 0 Å². The fourth-order valence-electron chi connectivity index (χ4n) is 4.29. The van der Waals surface area contributed by atoms with E-state index >= 15 is 0 Å². The second-order valence-corrected chi connectivity index (χ2v) is 7.76. The summed E-state index contributed by atoms with van der Waals surface area (Å²) in [4.78, 5) is 15.4. The lowest BCUT2D eigenvalue weighted by atomic mass is 9.97. The maximum absolute atomic E-state index is 13.6. The van der Waals surface area contributed by atoms with E-state index < -0.39 is 0 Å².